The van der Waals surface area contributed by atoms with E-state index in [9.17, 15) is 18.0 Å². The fraction of sp³-hybridized carbons (Fsp3) is 0.545. The number of carbonyl (C=O) groups is 1. The van der Waals surface area contributed by atoms with Gasteiger partial charge in [-0.05, 0) is 24.3 Å². The van der Waals surface area contributed by atoms with Gasteiger partial charge in [0, 0.05) is 4.88 Å². The number of nitrogens with one attached hydrogen (secondary N) is 1. The molecule has 1 amide bonds. The van der Waals surface area contributed by atoms with Crippen LogP contribution in [0.25, 0.3) is 0 Å². The van der Waals surface area contributed by atoms with E-state index in [4.69, 9.17) is 0 Å². The van der Waals surface area contributed by atoms with Crippen LogP contribution >= 0.6 is 11.3 Å². The normalized spacial score (nSPS) is 26.7. The van der Waals surface area contributed by atoms with Gasteiger partial charge in [0.25, 0.3) is 0 Å². The van der Waals surface area contributed by atoms with Crippen LogP contribution in [0.1, 0.15) is 23.9 Å². The van der Waals surface area contributed by atoms with Crippen LogP contribution in [0.15, 0.2) is 17.5 Å². The van der Waals surface area contributed by atoms with Gasteiger partial charge < -0.3 is 4.90 Å². The Kier molecular flexibility index (Phi) is 2.47. The first-order chi connectivity index (χ1) is 8.46. The molecule has 0 aromatic carbocycles. The Morgan fingerprint density at radius 2 is 2.17 bits per heavy atom. The Morgan fingerprint density at radius 1 is 1.44 bits per heavy atom. The molecule has 1 saturated carbocycles. The first-order valence-corrected chi connectivity index (χ1v) is 6.49. The molecule has 98 valence electrons. The fourth-order valence-corrected chi connectivity index (χ4v) is 3.23. The summed E-state index contributed by atoms with van der Waals surface area (Å²) in [6.07, 6.45) is -4.98. The second-order valence-corrected chi connectivity index (χ2v) is 5.57. The molecular weight excluding hydrogens is 265 g/mol. The van der Waals surface area contributed by atoms with Crippen LogP contribution in [0.4, 0.5) is 13.2 Å². The highest BCUT2D eigenvalue weighted by molar-refractivity contribution is 7.10. The molecule has 7 heteroatoms. The molecule has 2 fully saturated rings. The summed E-state index contributed by atoms with van der Waals surface area (Å²) in [7, 11) is 0. The minimum atomic E-state index is -4.36. The highest BCUT2D eigenvalue weighted by Gasteiger charge is 2.70. The SMILES string of the molecule is O=C1CNC(c2cccs2)N1C1(C(F)(F)F)CC1. The Morgan fingerprint density at radius 3 is 2.67 bits per heavy atom. The topological polar surface area (TPSA) is 32.3 Å². The predicted molar refractivity (Wildman–Crippen MR) is 59.9 cm³/mol. The lowest BCUT2D eigenvalue weighted by Crippen LogP contribution is -2.50. The number of alkyl halides is 3. The molecule has 1 unspecified atom stereocenters. The molecule has 3 nitrogen and oxygen atoms in total. The van der Waals surface area contributed by atoms with Crippen molar-refractivity contribution in [3.05, 3.63) is 22.4 Å². The average molecular weight is 276 g/mol. The lowest BCUT2D eigenvalue weighted by molar-refractivity contribution is -0.202. The second kappa shape index (κ2) is 3.71. The Hall–Kier alpha value is -1.08. The van der Waals surface area contributed by atoms with Crippen molar-refractivity contribution >= 4 is 17.2 Å². The third-order valence-corrected chi connectivity index (χ3v) is 4.42. The highest BCUT2D eigenvalue weighted by atomic mass is 32.1. The molecule has 1 saturated heterocycles. The third-order valence-electron chi connectivity index (χ3n) is 3.50. The molecule has 2 heterocycles. The summed E-state index contributed by atoms with van der Waals surface area (Å²) in [5, 5.41) is 4.66. The number of rotatable bonds is 2. The van der Waals surface area contributed by atoms with Crippen molar-refractivity contribution < 1.29 is 18.0 Å². The van der Waals surface area contributed by atoms with E-state index >= 15 is 0 Å². The van der Waals surface area contributed by atoms with Crippen LogP contribution in [-0.4, -0.2) is 29.1 Å². The first-order valence-electron chi connectivity index (χ1n) is 5.61. The van der Waals surface area contributed by atoms with E-state index in [1.54, 1.807) is 17.5 Å². The number of thiophene rings is 1. The Labute approximate surface area is 106 Å². The summed E-state index contributed by atoms with van der Waals surface area (Å²) in [4.78, 5) is 13.5. The van der Waals surface area contributed by atoms with E-state index in [1.165, 1.54) is 11.3 Å². The van der Waals surface area contributed by atoms with Crippen LogP contribution < -0.4 is 5.32 Å². The van der Waals surface area contributed by atoms with Crippen LogP contribution in [-0.2, 0) is 4.79 Å². The van der Waals surface area contributed by atoms with E-state index in [0.717, 1.165) is 9.78 Å². The zero-order valence-corrected chi connectivity index (χ0v) is 10.1. The van der Waals surface area contributed by atoms with Gasteiger partial charge in [0.2, 0.25) is 5.91 Å². The molecule has 3 rings (SSSR count). The van der Waals surface area contributed by atoms with Crippen molar-refractivity contribution in [2.24, 2.45) is 0 Å². The lowest BCUT2D eigenvalue weighted by atomic mass is 10.2. The summed E-state index contributed by atoms with van der Waals surface area (Å²) in [5.41, 5.74) is -1.94. The molecule has 2 aliphatic rings. The summed E-state index contributed by atoms with van der Waals surface area (Å²) in [5.74, 6) is -0.469. The summed E-state index contributed by atoms with van der Waals surface area (Å²) in [6.45, 7) is -0.0274. The zero-order valence-electron chi connectivity index (χ0n) is 9.33. The Bertz CT molecular complexity index is 467. The van der Waals surface area contributed by atoms with E-state index in [1.807, 2.05) is 0 Å². The summed E-state index contributed by atoms with van der Waals surface area (Å²) < 4.78 is 39.4. The number of nitrogens with zero attached hydrogens (tertiary/aromatic N) is 1. The standard InChI is InChI=1S/C11H11F3N2OS/c12-11(13,14)10(3-4-10)16-8(17)6-15-9(16)7-2-1-5-18-7/h1-2,5,9,15H,3-4,6H2. The number of hydrogen-bond acceptors (Lipinski definition) is 3. The first kappa shape index (κ1) is 12.0. The maximum Gasteiger partial charge on any atom is 0.411 e. The quantitative estimate of drug-likeness (QED) is 0.898. The zero-order chi connectivity index (χ0) is 13.0. The largest absolute Gasteiger partial charge is 0.411 e. The number of hydrogen-bond donors (Lipinski definition) is 1. The maximum absolute atomic E-state index is 13.1. The van der Waals surface area contributed by atoms with Crippen molar-refractivity contribution in [1.82, 2.24) is 10.2 Å². The highest BCUT2D eigenvalue weighted by Crippen LogP contribution is 2.56. The van der Waals surface area contributed by atoms with Gasteiger partial charge in [0.05, 0.1) is 6.54 Å². The molecule has 1 aromatic heterocycles. The average Bonchev–Trinajstić information content (AvgIpc) is 2.76. The number of halogens is 3. The van der Waals surface area contributed by atoms with E-state index in [0.29, 0.717) is 0 Å². The Balaban J connectivity index is 1.96. The van der Waals surface area contributed by atoms with E-state index in [-0.39, 0.29) is 19.4 Å². The van der Waals surface area contributed by atoms with Crippen molar-refractivity contribution in [2.75, 3.05) is 6.54 Å². The van der Waals surface area contributed by atoms with Gasteiger partial charge in [-0.15, -0.1) is 11.3 Å². The molecular formula is C11H11F3N2OS. The fourth-order valence-electron chi connectivity index (χ4n) is 2.44. The minimum absolute atomic E-state index is 0.00575. The lowest BCUT2D eigenvalue weighted by Gasteiger charge is -2.34. The van der Waals surface area contributed by atoms with Gasteiger partial charge in [0.15, 0.2) is 0 Å². The van der Waals surface area contributed by atoms with Gasteiger partial charge >= 0.3 is 6.18 Å². The molecule has 18 heavy (non-hydrogen) atoms. The summed E-state index contributed by atoms with van der Waals surface area (Å²) >= 11 is 1.36. The van der Waals surface area contributed by atoms with Crippen molar-refractivity contribution in [3.63, 3.8) is 0 Å². The molecule has 0 bridgehead atoms. The molecule has 1 atom stereocenters. The monoisotopic (exact) mass is 276 g/mol. The third kappa shape index (κ3) is 1.57. The van der Waals surface area contributed by atoms with Crippen LogP contribution in [0.5, 0.6) is 0 Å². The molecule has 1 N–H and O–H groups in total. The molecule has 1 aliphatic carbocycles. The van der Waals surface area contributed by atoms with Crippen molar-refractivity contribution in [2.45, 2.75) is 30.7 Å². The number of carbonyl (C=O) groups excluding carboxylic acids is 1. The van der Waals surface area contributed by atoms with Crippen LogP contribution in [0, 0.1) is 0 Å². The predicted octanol–water partition coefficient (Wildman–Crippen LogP) is 2.27. The van der Waals surface area contributed by atoms with Gasteiger partial charge in [-0.25, -0.2) is 0 Å². The molecule has 1 aliphatic heterocycles. The van der Waals surface area contributed by atoms with Crippen molar-refractivity contribution in [3.8, 4) is 0 Å². The van der Waals surface area contributed by atoms with E-state index < -0.39 is 23.8 Å². The molecule has 0 radical (unpaired) electrons. The number of amides is 1. The van der Waals surface area contributed by atoms with Crippen LogP contribution in [0.3, 0.4) is 0 Å². The molecule has 0 spiro atoms. The smallest absolute Gasteiger partial charge is 0.306 e. The van der Waals surface area contributed by atoms with Crippen molar-refractivity contribution in [1.29, 1.82) is 0 Å². The van der Waals surface area contributed by atoms with Gasteiger partial charge in [-0.2, -0.15) is 13.2 Å². The maximum atomic E-state index is 13.1. The van der Waals surface area contributed by atoms with Gasteiger partial charge in [-0.3, -0.25) is 10.1 Å². The van der Waals surface area contributed by atoms with E-state index in [2.05, 4.69) is 5.32 Å². The van der Waals surface area contributed by atoms with Gasteiger partial charge in [0.1, 0.15) is 11.7 Å². The minimum Gasteiger partial charge on any atom is -0.306 e. The molecule has 1 aromatic rings. The summed E-state index contributed by atoms with van der Waals surface area (Å²) in [6, 6.07) is 3.52. The van der Waals surface area contributed by atoms with Crippen LogP contribution in [0.2, 0.25) is 0 Å². The van der Waals surface area contributed by atoms with Gasteiger partial charge in [-0.1, -0.05) is 6.07 Å². The second-order valence-electron chi connectivity index (χ2n) is 4.59.